The van der Waals surface area contributed by atoms with Crippen LogP contribution in [0.1, 0.15) is 0 Å². The molecule has 5 aromatic rings. The summed E-state index contributed by atoms with van der Waals surface area (Å²) in [5, 5.41) is 8.10. The molecule has 0 amide bonds. The second kappa shape index (κ2) is 8.51. The van der Waals surface area contributed by atoms with Crippen LogP contribution in [0.25, 0.3) is 22.4 Å². The summed E-state index contributed by atoms with van der Waals surface area (Å²) in [7, 11) is 3.16. The minimum absolute atomic E-state index is 0.274. The van der Waals surface area contributed by atoms with Crippen LogP contribution in [-0.2, 0) is 0 Å². The van der Waals surface area contributed by atoms with Gasteiger partial charge in [-0.3, -0.25) is 4.79 Å². The third-order valence-corrected chi connectivity index (χ3v) is 5.28. The van der Waals surface area contributed by atoms with Crippen molar-refractivity contribution in [2.45, 2.75) is 0 Å². The van der Waals surface area contributed by atoms with Crippen molar-refractivity contribution in [3.8, 4) is 22.9 Å². The first-order chi connectivity index (χ1) is 16.2. The highest BCUT2D eigenvalue weighted by Gasteiger charge is 2.20. The molecular weight excluding hydrogens is 418 g/mol. The molecule has 0 saturated heterocycles. The van der Waals surface area contributed by atoms with Gasteiger partial charge in [0, 0.05) is 0 Å². The highest BCUT2D eigenvalue weighted by Crippen LogP contribution is 2.30. The zero-order valence-corrected chi connectivity index (χ0v) is 18.1. The van der Waals surface area contributed by atoms with Gasteiger partial charge in [-0.1, -0.05) is 42.5 Å². The number of hydrogen-bond donors (Lipinski definition) is 1. The highest BCUT2D eigenvalue weighted by molar-refractivity contribution is 5.79. The van der Waals surface area contributed by atoms with Crippen LogP contribution >= 0.6 is 0 Å². The molecule has 0 unspecified atom stereocenters. The Morgan fingerprint density at radius 3 is 2.24 bits per heavy atom. The van der Waals surface area contributed by atoms with E-state index in [1.54, 1.807) is 25.0 Å². The minimum Gasteiger partial charge on any atom is -0.495 e. The molecule has 8 heteroatoms. The van der Waals surface area contributed by atoms with E-state index in [4.69, 9.17) is 14.5 Å². The van der Waals surface area contributed by atoms with Crippen molar-refractivity contribution in [1.29, 1.82) is 0 Å². The largest absolute Gasteiger partial charge is 0.495 e. The van der Waals surface area contributed by atoms with Crippen molar-refractivity contribution in [3.63, 3.8) is 0 Å². The fourth-order valence-electron chi connectivity index (χ4n) is 3.72. The quantitative estimate of drug-likeness (QED) is 0.424. The van der Waals surface area contributed by atoms with Gasteiger partial charge in [-0.15, -0.1) is 0 Å². The topological polar surface area (TPSA) is 83.2 Å². The van der Waals surface area contributed by atoms with E-state index < -0.39 is 0 Å². The van der Waals surface area contributed by atoms with E-state index >= 15 is 0 Å². The van der Waals surface area contributed by atoms with Crippen LogP contribution < -0.4 is 20.3 Å². The number of rotatable bonds is 6. The van der Waals surface area contributed by atoms with Crippen LogP contribution in [-0.4, -0.2) is 33.6 Å². The van der Waals surface area contributed by atoms with Gasteiger partial charge in [-0.2, -0.15) is 10.1 Å². The van der Waals surface area contributed by atoms with Gasteiger partial charge in [0.25, 0.3) is 5.56 Å². The SMILES string of the molecule is COc1ccccc1Nc1nc2c(cnn2-c2ccccc2)c(=O)n1-c1ccccc1OC. The van der Waals surface area contributed by atoms with Crippen LogP contribution in [0.15, 0.2) is 89.9 Å². The summed E-state index contributed by atoms with van der Waals surface area (Å²) >= 11 is 0. The van der Waals surface area contributed by atoms with E-state index in [1.807, 2.05) is 72.8 Å². The Morgan fingerprint density at radius 1 is 0.818 bits per heavy atom. The van der Waals surface area contributed by atoms with Gasteiger partial charge >= 0.3 is 0 Å². The van der Waals surface area contributed by atoms with E-state index in [2.05, 4.69) is 10.4 Å². The number of anilines is 2. The number of hydrogen-bond acceptors (Lipinski definition) is 6. The number of benzene rings is 3. The molecular formula is C25H21N5O3. The Morgan fingerprint density at radius 2 is 1.48 bits per heavy atom. The lowest BCUT2D eigenvalue weighted by atomic mass is 10.2. The molecule has 2 heterocycles. The summed E-state index contributed by atoms with van der Waals surface area (Å²) in [6, 6.07) is 24.3. The van der Waals surface area contributed by atoms with Crippen LogP contribution in [0.5, 0.6) is 11.5 Å². The fourth-order valence-corrected chi connectivity index (χ4v) is 3.72. The standard InChI is InChI=1S/C25H21N5O3/c1-32-21-14-8-6-12-19(21)27-25-28-23-18(16-26-30(23)17-10-4-3-5-11-17)24(31)29(25)20-13-7-9-15-22(20)33-2/h3-16H,1-2H3,(H,27,28). The number of methoxy groups -OCH3 is 2. The van der Waals surface area contributed by atoms with Crippen molar-refractivity contribution in [2.75, 3.05) is 19.5 Å². The molecule has 0 saturated carbocycles. The molecule has 0 spiro atoms. The van der Waals surface area contributed by atoms with Crippen molar-refractivity contribution < 1.29 is 9.47 Å². The van der Waals surface area contributed by atoms with E-state index in [0.717, 1.165) is 5.69 Å². The van der Waals surface area contributed by atoms with Gasteiger partial charge in [-0.05, 0) is 36.4 Å². The average molecular weight is 439 g/mol. The lowest BCUT2D eigenvalue weighted by Crippen LogP contribution is -2.23. The van der Waals surface area contributed by atoms with E-state index in [0.29, 0.717) is 39.9 Å². The van der Waals surface area contributed by atoms with Gasteiger partial charge in [0.05, 0.1) is 37.5 Å². The van der Waals surface area contributed by atoms with Gasteiger partial charge in [0.1, 0.15) is 16.9 Å². The number of nitrogens with one attached hydrogen (secondary N) is 1. The summed E-state index contributed by atoms with van der Waals surface area (Å²) in [4.78, 5) is 18.6. The van der Waals surface area contributed by atoms with Gasteiger partial charge in [0.15, 0.2) is 5.65 Å². The second-order valence-electron chi connectivity index (χ2n) is 7.20. The third-order valence-electron chi connectivity index (χ3n) is 5.28. The molecule has 33 heavy (non-hydrogen) atoms. The molecule has 0 fully saturated rings. The summed E-state index contributed by atoms with van der Waals surface area (Å²) in [5.74, 6) is 1.47. The maximum absolute atomic E-state index is 13.8. The monoisotopic (exact) mass is 439 g/mol. The Hall–Kier alpha value is -4.59. The maximum atomic E-state index is 13.8. The fraction of sp³-hybridized carbons (Fsp3) is 0.0800. The average Bonchev–Trinajstić information content (AvgIpc) is 3.29. The molecule has 0 radical (unpaired) electrons. The normalized spacial score (nSPS) is 10.8. The lowest BCUT2D eigenvalue weighted by Gasteiger charge is -2.17. The molecule has 2 aromatic heterocycles. The predicted octanol–water partition coefficient (Wildman–Crippen LogP) is 4.33. The minimum atomic E-state index is -0.274. The summed E-state index contributed by atoms with van der Waals surface area (Å²) in [6.45, 7) is 0. The number of ether oxygens (including phenoxy) is 2. The molecule has 0 aliphatic rings. The maximum Gasteiger partial charge on any atom is 0.270 e. The molecule has 0 aliphatic heterocycles. The van der Waals surface area contributed by atoms with Crippen molar-refractivity contribution >= 4 is 22.7 Å². The summed E-state index contributed by atoms with van der Waals surface area (Å²) in [5.41, 5.74) is 2.20. The molecule has 0 bridgehead atoms. The first kappa shape index (κ1) is 20.3. The highest BCUT2D eigenvalue weighted by atomic mass is 16.5. The van der Waals surface area contributed by atoms with Crippen LogP contribution in [0.2, 0.25) is 0 Å². The Kier molecular flexibility index (Phi) is 5.24. The number of para-hydroxylation sites is 5. The van der Waals surface area contributed by atoms with Crippen molar-refractivity contribution in [2.24, 2.45) is 0 Å². The van der Waals surface area contributed by atoms with Crippen LogP contribution in [0.3, 0.4) is 0 Å². The van der Waals surface area contributed by atoms with Gasteiger partial charge in [-0.25, -0.2) is 9.25 Å². The Balaban J connectivity index is 1.80. The van der Waals surface area contributed by atoms with Gasteiger partial charge in [0.2, 0.25) is 5.95 Å². The Bertz CT molecular complexity index is 1490. The molecule has 0 atom stereocenters. The zero-order valence-electron chi connectivity index (χ0n) is 18.1. The first-order valence-corrected chi connectivity index (χ1v) is 10.3. The first-order valence-electron chi connectivity index (χ1n) is 10.3. The third kappa shape index (κ3) is 3.57. The molecule has 5 rings (SSSR count). The van der Waals surface area contributed by atoms with Crippen LogP contribution in [0, 0.1) is 0 Å². The summed E-state index contributed by atoms with van der Waals surface area (Å²) < 4.78 is 14.2. The summed E-state index contributed by atoms with van der Waals surface area (Å²) in [6.07, 6.45) is 1.54. The van der Waals surface area contributed by atoms with Crippen LogP contribution in [0.4, 0.5) is 11.6 Å². The van der Waals surface area contributed by atoms with E-state index in [1.165, 1.54) is 10.8 Å². The molecule has 8 nitrogen and oxygen atoms in total. The molecule has 1 N–H and O–H groups in total. The molecule has 3 aromatic carbocycles. The number of aromatic nitrogens is 4. The van der Waals surface area contributed by atoms with E-state index in [9.17, 15) is 4.79 Å². The number of nitrogens with zero attached hydrogens (tertiary/aromatic N) is 4. The van der Waals surface area contributed by atoms with E-state index in [-0.39, 0.29) is 5.56 Å². The lowest BCUT2D eigenvalue weighted by molar-refractivity contribution is 0.412. The smallest absolute Gasteiger partial charge is 0.270 e. The molecule has 164 valence electrons. The second-order valence-corrected chi connectivity index (χ2v) is 7.20. The predicted molar refractivity (Wildman–Crippen MR) is 127 cm³/mol. The number of fused-ring (bicyclic) bond motifs is 1. The Labute approximate surface area is 189 Å². The molecule has 0 aliphatic carbocycles. The van der Waals surface area contributed by atoms with Gasteiger partial charge < -0.3 is 14.8 Å². The zero-order chi connectivity index (χ0) is 22.8. The van der Waals surface area contributed by atoms with Crippen molar-refractivity contribution in [3.05, 3.63) is 95.4 Å². The van der Waals surface area contributed by atoms with Crippen molar-refractivity contribution in [1.82, 2.24) is 19.3 Å².